The smallest absolute Gasteiger partial charge is 0.157 e. The SMILES string of the molecule is CC1CCC(O)(CS(=O)(=O)Cc2ccc(Cl)cc2)CC1. The lowest BCUT2D eigenvalue weighted by Gasteiger charge is -2.34. The second kappa shape index (κ2) is 6.04. The number of halogens is 1. The van der Waals surface area contributed by atoms with Gasteiger partial charge in [0.05, 0.1) is 17.1 Å². The molecule has 0 aliphatic heterocycles. The Labute approximate surface area is 125 Å². The molecule has 0 aromatic heterocycles. The topological polar surface area (TPSA) is 54.4 Å². The molecule has 1 aliphatic rings. The van der Waals surface area contributed by atoms with Crippen molar-refractivity contribution in [2.75, 3.05) is 5.75 Å². The molecule has 1 aromatic rings. The van der Waals surface area contributed by atoms with Crippen molar-refractivity contribution in [3.05, 3.63) is 34.9 Å². The molecule has 0 heterocycles. The predicted molar refractivity (Wildman–Crippen MR) is 81.5 cm³/mol. The molecule has 1 fully saturated rings. The molecule has 0 spiro atoms. The average Bonchev–Trinajstić information content (AvgIpc) is 2.35. The quantitative estimate of drug-likeness (QED) is 0.928. The lowest BCUT2D eigenvalue weighted by molar-refractivity contribution is 0.0135. The number of hydrogen-bond acceptors (Lipinski definition) is 3. The lowest BCUT2D eigenvalue weighted by Crippen LogP contribution is -2.40. The molecule has 5 heteroatoms. The van der Waals surface area contributed by atoms with Gasteiger partial charge in [-0.2, -0.15) is 0 Å². The van der Waals surface area contributed by atoms with Crippen LogP contribution in [0.15, 0.2) is 24.3 Å². The van der Waals surface area contributed by atoms with Crippen molar-refractivity contribution in [1.82, 2.24) is 0 Å². The first-order valence-corrected chi connectivity index (χ1v) is 9.15. The summed E-state index contributed by atoms with van der Waals surface area (Å²) in [4.78, 5) is 0. The fourth-order valence-electron chi connectivity index (χ4n) is 2.74. The highest BCUT2D eigenvalue weighted by molar-refractivity contribution is 7.90. The molecule has 0 atom stereocenters. The fraction of sp³-hybridized carbons (Fsp3) is 0.600. The highest BCUT2D eigenvalue weighted by atomic mass is 35.5. The van der Waals surface area contributed by atoms with E-state index in [0.29, 0.717) is 29.3 Å². The molecule has 0 bridgehead atoms. The summed E-state index contributed by atoms with van der Waals surface area (Å²) in [5.74, 6) is 0.395. The van der Waals surface area contributed by atoms with Crippen LogP contribution in [0, 0.1) is 5.92 Å². The maximum absolute atomic E-state index is 12.2. The molecule has 3 nitrogen and oxygen atoms in total. The summed E-state index contributed by atoms with van der Waals surface area (Å²) >= 11 is 5.78. The second-order valence-corrected chi connectivity index (χ2v) is 8.57. The first kappa shape index (κ1) is 15.8. The van der Waals surface area contributed by atoms with Crippen LogP contribution in [0.2, 0.25) is 5.02 Å². The minimum atomic E-state index is -3.32. The molecule has 1 N–H and O–H groups in total. The Morgan fingerprint density at radius 3 is 2.35 bits per heavy atom. The molecule has 0 saturated heterocycles. The first-order valence-electron chi connectivity index (χ1n) is 6.95. The normalized spacial score (nSPS) is 27.4. The van der Waals surface area contributed by atoms with E-state index >= 15 is 0 Å². The van der Waals surface area contributed by atoms with Crippen LogP contribution in [0.1, 0.15) is 38.2 Å². The Hall–Kier alpha value is -0.580. The van der Waals surface area contributed by atoms with Gasteiger partial charge in [0.2, 0.25) is 0 Å². The zero-order valence-corrected chi connectivity index (χ0v) is 13.3. The number of hydrogen-bond donors (Lipinski definition) is 1. The fourth-order valence-corrected chi connectivity index (χ4v) is 4.77. The van der Waals surface area contributed by atoms with Gasteiger partial charge in [-0.25, -0.2) is 8.42 Å². The van der Waals surface area contributed by atoms with Crippen LogP contribution in [-0.4, -0.2) is 24.9 Å². The van der Waals surface area contributed by atoms with Gasteiger partial charge in [0.15, 0.2) is 9.84 Å². The van der Waals surface area contributed by atoms with E-state index < -0.39 is 15.4 Å². The van der Waals surface area contributed by atoms with Crippen LogP contribution in [0.3, 0.4) is 0 Å². The van der Waals surface area contributed by atoms with E-state index in [1.165, 1.54) is 0 Å². The van der Waals surface area contributed by atoms with Crippen LogP contribution < -0.4 is 0 Å². The second-order valence-electron chi connectivity index (χ2n) is 6.07. The van der Waals surface area contributed by atoms with Crippen LogP contribution in [0.4, 0.5) is 0 Å². The third kappa shape index (κ3) is 4.47. The largest absolute Gasteiger partial charge is 0.389 e. The van der Waals surface area contributed by atoms with Crippen LogP contribution in [-0.2, 0) is 15.6 Å². The Kier molecular flexibility index (Phi) is 4.77. The molecule has 0 unspecified atom stereocenters. The monoisotopic (exact) mass is 316 g/mol. The van der Waals surface area contributed by atoms with Gasteiger partial charge in [-0.15, -0.1) is 0 Å². The van der Waals surface area contributed by atoms with Crippen molar-refractivity contribution in [3.63, 3.8) is 0 Å². The minimum absolute atomic E-state index is 0.0397. The van der Waals surface area contributed by atoms with E-state index in [1.54, 1.807) is 24.3 Å². The summed E-state index contributed by atoms with van der Waals surface area (Å²) in [6, 6.07) is 6.80. The van der Waals surface area contributed by atoms with E-state index in [4.69, 9.17) is 11.6 Å². The summed E-state index contributed by atoms with van der Waals surface area (Å²) in [6.45, 7) is 2.14. The third-order valence-corrected chi connectivity index (χ3v) is 6.00. The Morgan fingerprint density at radius 1 is 1.25 bits per heavy atom. The van der Waals surface area contributed by atoms with Gasteiger partial charge in [-0.05, 0) is 49.3 Å². The standard InChI is InChI=1S/C15H21ClO3S/c1-12-6-8-15(17,9-7-12)11-20(18,19)10-13-2-4-14(16)5-3-13/h2-5,12,17H,6-11H2,1H3. The number of sulfone groups is 1. The average molecular weight is 317 g/mol. The maximum Gasteiger partial charge on any atom is 0.157 e. The molecule has 1 saturated carbocycles. The molecule has 0 amide bonds. The summed E-state index contributed by atoms with van der Waals surface area (Å²) in [7, 11) is -3.32. The van der Waals surface area contributed by atoms with E-state index in [-0.39, 0.29) is 11.5 Å². The van der Waals surface area contributed by atoms with E-state index in [0.717, 1.165) is 12.8 Å². The van der Waals surface area contributed by atoms with Gasteiger partial charge in [-0.3, -0.25) is 0 Å². The van der Waals surface area contributed by atoms with Gasteiger partial charge in [-0.1, -0.05) is 30.7 Å². The van der Waals surface area contributed by atoms with Crippen LogP contribution in [0.25, 0.3) is 0 Å². The molecule has 1 aliphatic carbocycles. The molecular formula is C15H21ClO3S. The van der Waals surface area contributed by atoms with E-state index in [9.17, 15) is 13.5 Å². The van der Waals surface area contributed by atoms with E-state index in [2.05, 4.69) is 6.92 Å². The van der Waals surface area contributed by atoms with Crippen molar-refractivity contribution < 1.29 is 13.5 Å². The summed E-state index contributed by atoms with van der Waals surface area (Å²) in [5.41, 5.74) is -0.334. The molecule has 0 radical (unpaired) electrons. The van der Waals surface area contributed by atoms with Crippen molar-refractivity contribution in [1.29, 1.82) is 0 Å². The Bertz CT molecular complexity index is 543. The maximum atomic E-state index is 12.2. The van der Waals surface area contributed by atoms with Gasteiger partial charge in [0.25, 0.3) is 0 Å². The molecular weight excluding hydrogens is 296 g/mol. The lowest BCUT2D eigenvalue weighted by atomic mass is 9.81. The highest BCUT2D eigenvalue weighted by Gasteiger charge is 2.36. The minimum Gasteiger partial charge on any atom is -0.389 e. The predicted octanol–water partition coefficient (Wildman–Crippen LogP) is 3.20. The van der Waals surface area contributed by atoms with Crippen LogP contribution in [0.5, 0.6) is 0 Å². The summed E-state index contributed by atoms with van der Waals surface area (Å²) in [5, 5.41) is 11.0. The molecule has 20 heavy (non-hydrogen) atoms. The van der Waals surface area contributed by atoms with Gasteiger partial charge in [0.1, 0.15) is 0 Å². The van der Waals surface area contributed by atoms with Crippen molar-refractivity contribution in [2.24, 2.45) is 5.92 Å². The summed E-state index contributed by atoms with van der Waals surface area (Å²) in [6.07, 6.45) is 2.95. The Morgan fingerprint density at radius 2 is 1.80 bits per heavy atom. The molecule has 1 aromatic carbocycles. The zero-order valence-electron chi connectivity index (χ0n) is 11.7. The van der Waals surface area contributed by atoms with Gasteiger partial charge in [0, 0.05) is 5.02 Å². The van der Waals surface area contributed by atoms with E-state index in [1.807, 2.05) is 0 Å². The summed E-state index contributed by atoms with van der Waals surface area (Å²) < 4.78 is 24.5. The van der Waals surface area contributed by atoms with Crippen molar-refractivity contribution in [2.45, 2.75) is 44.0 Å². The van der Waals surface area contributed by atoms with Crippen molar-refractivity contribution >= 4 is 21.4 Å². The van der Waals surface area contributed by atoms with Gasteiger partial charge < -0.3 is 5.11 Å². The molecule has 112 valence electrons. The third-order valence-electron chi connectivity index (χ3n) is 3.99. The number of benzene rings is 1. The van der Waals surface area contributed by atoms with Gasteiger partial charge >= 0.3 is 0 Å². The highest BCUT2D eigenvalue weighted by Crippen LogP contribution is 2.33. The molecule has 2 rings (SSSR count). The van der Waals surface area contributed by atoms with Crippen molar-refractivity contribution in [3.8, 4) is 0 Å². The first-order chi connectivity index (χ1) is 9.28. The number of rotatable bonds is 4. The van der Waals surface area contributed by atoms with Crippen LogP contribution >= 0.6 is 11.6 Å². The number of aliphatic hydroxyl groups is 1. The zero-order chi connectivity index (χ0) is 14.8. The Balaban J connectivity index is 2.02.